The lowest BCUT2D eigenvalue weighted by atomic mass is 10.1. The number of carbonyl (C=O) groups excluding carboxylic acids is 2. The fraction of sp³-hybridized carbons (Fsp3) is 0.355. The van der Waals surface area contributed by atoms with Gasteiger partial charge in [0, 0.05) is 23.1 Å². The normalized spacial score (nSPS) is 12.1. The van der Waals surface area contributed by atoms with Crippen molar-refractivity contribution >= 4 is 66.7 Å². The van der Waals surface area contributed by atoms with E-state index in [-0.39, 0.29) is 23.3 Å². The van der Waals surface area contributed by atoms with Crippen LogP contribution in [0.2, 0.25) is 10.0 Å². The van der Waals surface area contributed by atoms with Gasteiger partial charge in [-0.15, -0.1) is 0 Å². The molecule has 3 rings (SSSR count). The van der Waals surface area contributed by atoms with Crippen molar-refractivity contribution in [2.24, 2.45) is 5.92 Å². The van der Waals surface area contributed by atoms with Crippen molar-refractivity contribution in [3.8, 4) is 5.75 Å². The van der Waals surface area contributed by atoms with Crippen LogP contribution in [0, 0.1) is 12.8 Å². The Bertz CT molecular complexity index is 1550. The van der Waals surface area contributed by atoms with Crippen LogP contribution in [0.3, 0.4) is 0 Å². The van der Waals surface area contributed by atoms with E-state index in [9.17, 15) is 18.0 Å². The van der Waals surface area contributed by atoms with Crippen LogP contribution in [0.4, 0.5) is 5.69 Å². The molecule has 0 heterocycles. The SMILES string of the molecule is CC[C@@H](C(=O)NCC(C)C)N(Cc1ccc(Cl)cc1Cl)C(=O)CN(c1ccc(C)cc1)S(=O)(=O)c1ccc(OC)c(Br)c1. The first kappa shape index (κ1) is 34.7. The van der Waals surface area contributed by atoms with Crippen molar-refractivity contribution in [1.82, 2.24) is 10.2 Å². The molecule has 0 unspecified atom stereocenters. The number of hydrogen-bond donors (Lipinski definition) is 1. The molecule has 8 nitrogen and oxygen atoms in total. The number of hydrogen-bond acceptors (Lipinski definition) is 5. The summed E-state index contributed by atoms with van der Waals surface area (Å²) in [7, 11) is -2.77. The second-order valence-electron chi connectivity index (χ2n) is 10.5. The predicted octanol–water partition coefficient (Wildman–Crippen LogP) is 6.85. The summed E-state index contributed by atoms with van der Waals surface area (Å²) in [6.07, 6.45) is 0.295. The van der Waals surface area contributed by atoms with Gasteiger partial charge in [-0.3, -0.25) is 13.9 Å². The number of halogens is 3. The van der Waals surface area contributed by atoms with Gasteiger partial charge in [0.1, 0.15) is 18.3 Å². The first-order chi connectivity index (χ1) is 20.3. The molecule has 232 valence electrons. The quantitative estimate of drug-likeness (QED) is 0.209. The molecule has 0 aliphatic heterocycles. The Morgan fingerprint density at radius 2 is 1.70 bits per heavy atom. The number of amides is 2. The van der Waals surface area contributed by atoms with Crippen molar-refractivity contribution in [1.29, 1.82) is 0 Å². The second kappa shape index (κ2) is 15.3. The van der Waals surface area contributed by atoms with E-state index in [4.69, 9.17) is 27.9 Å². The summed E-state index contributed by atoms with van der Waals surface area (Å²) in [6, 6.07) is 15.2. The van der Waals surface area contributed by atoms with Crippen molar-refractivity contribution in [3.63, 3.8) is 0 Å². The maximum absolute atomic E-state index is 14.2. The lowest BCUT2D eigenvalue weighted by molar-refractivity contribution is -0.140. The van der Waals surface area contributed by atoms with Crippen LogP contribution < -0.4 is 14.4 Å². The molecule has 0 bridgehead atoms. The average Bonchev–Trinajstić information content (AvgIpc) is 2.96. The molecule has 0 radical (unpaired) electrons. The van der Waals surface area contributed by atoms with Gasteiger partial charge in [0.25, 0.3) is 10.0 Å². The van der Waals surface area contributed by atoms with Crippen LogP contribution in [0.5, 0.6) is 5.75 Å². The van der Waals surface area contributed by atoms with E-state index in [2.05, 4.69) is 21.2 Å². The van der Waals surface area contributed by atoms with Crippen LogP contribution in [0.1, 0.15) is 38.3 Å². The highest BCUT2D eigenvalue weighted by atomic mass is 79.9. The van der Waals surface area contributed by atoms with Gasteiger partial charge >= 0.3 is 0 Å². The van der Waals surface area contributed by atoms with Crippen LogP contribution in [-0.2, 0) is 26.2 Å². The molecule has 0 fully saturated rings. The standard InChI is InChI=1S/C31H36BrCl2N3O5S/c1-6-28(31(39)35-17-20(2)3)36(18-22-9-10-23(33)15-27(22)34)30(38)19-37(24-11-7-21(4)8-12-24)43(40,41)25-13-14-29(42-5)26(32)16-25/h7-16,20,28H,6,17-19H2,1-5H3,(H,35,39)/t28-/m0/s1. The summed E-state index contributed by atoms with van der Waals surface area (Å²) >= 11 is 15.9. The summed E-state index contributed by atoms with van der Waals surface area (Å²) in [6.45, 7) is 7.46. The highest BCUT2D eigenvalue weighted by Gasteiger charge is 2.34. The van der Waals surface area contributed by atoms with E-state index in [0.717, 1.165) is 9.87 Å². The number of aryl methyl sites for hydroxylation is 1. The second-order valence-corrected chi connectivity index (χ2v) is 14.0. The molecular weight excluding hydrogens is 677 g/mol. The number of anilines is 1. The Balaban J connectivity index is 2.09. The van der Waals surface area contributed by atoms with Crippen molar-refractivity contribution in [2.45, 2.75) is 51.6 Å². The molecule has 0 saturated carbocycles. The zero-order valence-corrected chi connectivity index (χ0v) is 28.6. The number of nitrogens with one attached hydrogen (secondary N) is 1. The van der Waals surface area contributed by atoms with Gasteiger partial charge in [-0.2, -0.15) is 0 Å². The first-order valence-corrected chi connectivity index (χ1v) is 16.7. The Kier molecular flexibility index (Phi) is 12.3. The zero-order chi connectivity index (χ0) is 31.9. The summed E-state index contributed by atoms with van der Waals surface area (Å²) in [4.78, 5) is 28.9. The smallest absolute Gasteiger partial charge is 0.264 e. The van der Waals surface area contributed by atoms with Crippen LogP contribution in [0.25, 0.3) is 0 Å². The Labute approximate surface area is 272 Å². The predicted molar refractivity (Wildman–Crippen MR) is 175 cm³/mol. The number of carbonyl (C=O) groups is 2. The van der Waals surface area contributed by atoms with E-state index in [1.165, 1.54) is 30.2 Å². The summed E-state index contributed by atoms with van der Waals surface area (Å²) < 4.78 is 35.0. The molecule has 0 aliphatic rings. The summed E-state index contributed by atoms with van der Waals surface area (Å²) in [5.41, 5.74) is 1.79. The fourth-order valence-corrected chi connectivity index (χ4v) is 6.95. The molecule has 0 aromatic heterocycles. The molecule has 2 amide bonds. The maximum atomic E-state index is 14.2. The molecule has 43 heavy (non-hydrogen) atoms. The van der Waals surface area contributed by atoms with Crippen LogP contribution in [-0.4, -0.2) is 51.4 Å². The Morgan fingerprint density at radius 3 is 2.26 bits per heavy atom. The summed E-state index contributed by atoms with van der Waals surface area (Å²) in [5.74, 6) is -0.254. The highest BCUT2D eigenvalue weighted by molar-refractivity contribution is 9.10. The van der Waals surface area contributed by atoms with Crippen molar-refractivity contribution < 1.29 is 22.7 Å². The minimum absolute atomic E-state index is 0.0295. The number of methoxy groups -OCH3 is 1. The van der Waals surface area contributed by atoms with Gasteiger partial charge in [0.05, 0.1) is 22.2 Å². The monoisotopic (exact) mass is 711 g/mol. The lowest BCUT2D eigenvalue weighted by Gasteiger charge is -2.33. The number of benzene rings is 3. The third kappa shape index (κ3) is 8.88. The molecule has 1 atom stereocenters. The first-order valence-electron chi connectivity index (χ1n) is 13.7. The third-order valence-corrected chi connectivity index (χ3v) is 9.71. The third-order valence-electron chi connectivity index (χ3n) is 6.74. The van der Waals surface area contributed by atoms with E-state index >= 15 is 0 Å². The highest BCUT2D eigenvalue weighted by Crippen LogP contribution is 2.31. The lowest BCUT2D eigenvalue weighted by Crippen LogP contribution is -2.52. The van der Waals surface area contributed by atoms with E-state index in [1.807, 2.05) is 20.8 Å². The molecule has 0 spiro atoms. The minimum atomic E-state index is -4.25. The zero-order valence-electron chi connectivity index (χ0n) is 24.7. The molecule has 3 aromatic carbocycles. The number of rotatable bonds is 13. The van der Waals surface area contributed by atoms with Crippen LogP contribution >= 0.6 is 39.1 Å². The molecule has 1 N–H and O–H groups in total. The molecule has 3 aromatic rings. The molecule has 0 saturated heterocycles. The van der Waals surface area contributed by atoms with Crippen LogP contribution in [0.15, 0.2) is 70.0 Å². The topological polar surface area (TPSA) is 96.0 Å². The number of nitrogens with zero attached hydrogens (tertiary/aromatic N) is 2. The minimum Gasteiger partial charge on any atom is -0.496 e. The van der Waals surface area contributed by atoms with Gasteiger partial charge in [-0.1, -0.05) is 67.7 Å². The van der Waals surface area contributed by atoms with Crippen molar-refractivity contribution in [2.75, 3.05) is 24.5 Å². The molecule has 12 heteroatoms. The Morgan fingerprint density at radius 1 is 1.02 bits per heavy atom. The van der Waals surface area contributed by atoms with E-state index in [1.54, 1.807) is 49.4 Å². The van der Waals surface area contributed by atoms with Gasteiger partial charge in [0.15, 0.2) is 0 Å². The largest absolute Gasteiger partial charge is 0.496 e. The molecule has 0 aliphatic carbocycles. The van der Waals surface area contributed by atoms with Gasteiger partial charge in [-0.05, 0) is 83.2 Å². The van der Waals surface area contributed by atoms with Gasteiger partial charge in [-0.25, -0.2) is 8.42 Å². The van der Waals surface area contributed by atoms with E-state index < -0.39 is 28.5 Å². The molecular formula is C31H36BrCl2N3O5S. The van der Waals surface area contributed by atoms with Gasteiger partial charge in [0.2, 0.25) is 11.8 Å². The van der Waals surface area contributed by atoms with E-state index in [0.29, 0.717) is 44.5 Å². The maximum Gasteiger partial charge on any atom is 0.264 e. The number of sulfonamides is 1. The van der Waals surface area contributed by atoms with Gasteiger partial charge < -0.3 is 15.0 Å². The average molecular weight is 714 g/mol. The Hall–Kier alpha value is -2.79. The number of ether oxygens (including phenoxy) is 1. The fourth-order valence-electron chi connectivity index (χ4n) is 4.35. The summed E-state index contributed by atoms with van der Waals surface area (Å²) in [5, 5.41) is 3.66. The van der Waals surface area contributed by atoms with Crippen molar-refractivity contribution in [3.05, 3.63) is 86.3 Å².